The first-order valence-electron chi connectivity index (χ1n) is 8.89. The number of benzene rings is 1. The van der Waals surface area contributed by atoms with E-state index >= 15 is 0 Å². The highest BCUT2D eigenvalue weighted by Gasteiger charge is 2.26. The molecular formula is C20H29N3O. The van der Waals surface area contributed by atoms with Gasteiger partial charge in [0.1, 0.15) is 0 Å². The zero-order valence-corrected chi connectivity index (χ0v) is 15.3. The average molecular weight is 327 g/mol. The number of rotatable bonds is 5. The maximum absolute atomic E-state index is 9.47. The van der Waals surface area contributed by atoms with Gasteiger partial charge in [0.2, 0.25) is 0 Å². The lowest BCUT2D eigenvalue weighted by Crippen LogP contribution is -2.35. The summed E-state index contributed by atoms with van der Waals surface area (Å²) in [6.45, 7) is 9.44. The van der Waals surface area contributed by atoms with Gasteiger partial charge in [0.25, 0.3) is 0 Å². The number of hydrogen-bond acceptors (Lipinski definition) is 3. The minimum Gasteiger partial charge on any atom is -0.396 e. The molecule has 4 heteroatoms. The van der Waals surface area contributed by atoms with Crippen LogP contribution in [0, 0.1) is 19.3 Å². The predicted molar refractivity (Wildman–Crippen MR) is 97.6 cm³/mol. The van der Waals surface area contributed by atoms with E-state index < -0.39 is 0 Å². The first-order valence-corrected chi connectivity index (χ1v) is 8.89. The van der Waals surface area contributed by atoms with Crippen LogP contribution in [-0.2, 0) is 6.42 Å². The Hall–Kier alpha value is -1.65. The third-order valence-corrected chi connectivity index (χ3v) is 4.89. The molecule has 0 radical (unpaired) electrons. The lowest BCUT2D eigenvalue weighted by atomic mass is 9.90. The average Bonchev–Trinajstić information content (AvgIpc) is 2.96. The molecule has 0 fully saturated rings. The molecule has 1 heterocycles. The molecule has 0 amide bonds. The van der Waals surface area contributed by atoms with Gasteiger partial charge in [0, 0.05) is 35.9 Å². The summed E-state index contributed by atoms with van der Waals surface area (Å²) in [7, 11) is 0. The van der Waals surface area contributed by atoms with Gasteiger partial charge in [-0.3, -0.25) is 0 Å². The van der Waals surface area contributed by atoms with Crippen molar-refractivity contribution in [1.82, 2.24) is 15.1 Å². The highest BCUT2D eigenvalue weighted by atomic mass is 16.3. The van der Waals surface area contributed by atoms with Crippen LogP contribution < -0.4 is 5.32 Å². The van der Waals surface area contributed by atoms with Crippen molar-refractivity contribution in [3.63, 3.8) is 0 Å². The molecule has 2 N–H and O–H groups in total. The summed E-state index contributed by atoms with van der Waals surface area (Å²) in [5, 5.41) is 17.8. The smallest absolute Gasteiger partial charge is 0.0654 e. The molecule has 3 rings (SSSR count). The first kappa shape index (κ1) is 17.2. The van der Waals surface area contributed by atoms with Crippen LogP contribution in [0.25, 0.3) is 5.69 Å². The summed E-state index contributed by atoms with van der Waals surface area (Å²) in [5.74, 6) is 0. The van der Waals surface area contributed by atoms with E-state index in [1.54, 1.807) is 0 Å². The summed E-state index contributed by atoms with van der Waals surface area (Å²) >= 11 is 0. The molecule has 1 aliphatic carbocycles. The second-order valence-electron chi connectivity index (χ2n) is 7.95. The van der Waals surface area contributed by atoms with Crippen LogP contribution in [0.2, 0.25) is 0 Å². The maximum Gasteiger partial charge on any atom is 0.0654 e. The van der Waals surface area contributed by atoms with Gasteiger partial charge in [-0.2, -0.15) is 5.10 Å². The number of aromatic nitrogens is 2. The Morgan fingerprint density at radius 3 is 2.62 bits per heavy atom. The first-order chi connectivity index (χ1) is 11.4. The summed E-state index contributed by atoms with van der Waals surface area (Å²) < 4.78 is 2.11. The molecule has 0 aliphatic heterocycles. The molecule has 1 unspecified atom stereocenters. The molecule has 1 aliphatic rings. The van der Waals surface area contributed by atoms with E-state index in [1.807, 2.05) is 6.20 Å². The van der Waals surface area contributed by atoms with Gasteiger partial charge in [-0.05, 0) is 56.4 Å². The fourth-order valence-corrected chi connectivity index (χ4v) is 3.52. The van der Waals surface area contributed by atoms with E-state index in [2.05, 4.69) is 55.9 Å². The summed E-state index contributed by atoms with van der Waals surface area (Å²) in [4.78, 5) is 0. The highest BCUT2D eigenvalue weighted by molar-refractivity contribution is 5.42. The number of nitrogens with one attached hydrogen (secondary N) is 1. The summed E-state index contributed by atoms with van der Waals surface area (Å²) in [5.41, 5.74) is 6.24. The third kappa shape index (κ3) is 3.55. The van der Waals surface area contributed by atoms with Crippen LogP contribution in [-0.4, -0.2) is 28.0 Å². The zero-order chi connectivity index (χ0) is 17.3. The Morgan fingerprint density at radius 2 is 1.96 bits per heavy atom. The van der Waals surface area contributed by atoms with Crippen LogP contribution in [0.4, 0.5) is 0 Å². The van der Waals surface area contributed by atoms with Gasteiger partial charge >= 0.3 is 0 Å². The second-order valence-corrected chi connectivity index (χ2v) is 7.95. The predicted octanol–water partition coefficient (Wildman–Crippen LogP) is 3.47. The van der Waals surface area contributed by atoms with Gasteiger partial charge in [0.15, 0.2) is 0 Å². The van der Waals surface area contributed by atoms with Crippen LogP contribution in [0.5, 0.6) is 0 Å². The topological polar surface area (TPSA) is 50.1 Å². The van der Waals surface area contributed by atoms with Crippen LogP contribution in [0.1, 0.15) is 55.1 Å². The molecule has 0 saturated heterocycles. The third-order valence-electron chi connectivity index (χ3n) is 4.89. The fourth-order valence-electron chi connectivity index (χ4n) is 3.52. The Morgan fingerprint density at radius 1 is 1.25 bits per heavy atom. The van der Waals surface area contributed by atoms with E-state index in [-0.39, 0.29) is 12.0 Å². The maximum atomic E-state index is 9.47. The number of nitrogens with zero attached hydrogens (tertiary/aromatic N) is 2. The molecule has 0 spiro atoms. The monoisotopic (exact) mass is 327 g/mol. The van der Waals surface area contributed by atoms with Gasteiger partial charge in [-0.25, -0.2) is 4.68 Å². The number of fused-ring (bicyclic) bond motifs is 1. The number of aryl methyl sites for hydroxylation is 2. The quantitative estimate of drug-likeness (QED) is 0.884. The molecule has 24 heavy (non-hydrogen) atoms. The number of aliphatic hydroxyl groups excluding tert-OH is 1. The summed E-state index contributed by atoms with van der Waals surface area (Å²) in [6, 6.07) is 6.93. The van der Waals surface area contributed by atoms with E-state index in [1.165, 1.54) is 28.8 Å². The van der Waals surface area contributed by atoms with Crippen LogP contribution >= 0.6 is 0 Å². The molecule has 0 saturated carbocycles. The van der Waals surface area contributed by atoms with Crippen molar-refractivity contribution in [1.29, 1.82) is 0 Å². The van der Waals surface area contributed by atoms with E-state index in [9.17, 15) is 5.11 Å². The molecule has 0 bridgehead atoms. The SMILES string of the molecule is Cc1cc(C)cc(-n2ncc3c2CCCC3NCC(C)(C)CO)c1. The lowest BCUT2D eigenvalue weighted by molar-refractivity contribution is 0.152. The number of hydrogen-bond donors (Lipinski definition) is 2. The second kappa shape index (κ2) is 6.69. The molecule has 1 aromatic carbocycles. The minimum absolute atomic E-state index is 0.0960. The van der Waals surface area contributed by atoms with Crippen molar-refractivity contribution in [2.24, 2.45) is 5.41 Å². The van der Waals surface area contributed by atoms with Crippen LogP contribution in [0.3, 0.4) is 0 Å². The standard InChI is InChI=1S/C20H29N3O/c1-14-8-15(2)10-16(9-14)23-19-7-5-6-18(17(19)11-22-23)21-12-20(3,4)13-24/h8-11,18,21,24H,5-7,12-13H2,1-4H3. The van der Waals surface area contributed by atoms with Crippen LogP contribution in [0.15, 0.2) is 24.4 Å². The largest absolute Gasteiger partial charge is 0.396 e. The van der Waals surface area contributed by atoms with Crippen molar-refractivity contribution < 1.29 is 5.11 Å². The van der Waals surface area contributed by atoms with Crippen molar-refractivity contribution in [2.45, 2.75) is 53.0 Å². The Kier molecular flexibility index (Phi) is 4.79. The number of aliphatic hydroxyl groups is 1. The molecule has 130 valence electrons. The molecule has 4 nitrogen and oxygen atoms in total. The van der Waals surface area contributed by atoms with Gasteiger partial charge < -0.3 is 10.4 Å². The van der Waals surface area contributed by atoms with Gasteiger partial charge in [0.05, 0.1) is 11.9 Å². The highest BCUT2D eigenvalue weighted by Crippen LogP contribution is 2.32. The van der Waals surface area contributed by atoms with Gasteiger partial charge in [-0.1, -0.05) is 19.9 Å². The fraction of sp³-hybridized carbons (Fsp3) is 0.550. The molecule has 1 aromatic heterocycles. The Balaban J connectivity index is 1.87. The van der Waals surface area contributed by atoms with Crippen molar-refractivity contribution in [3.05, 3.63) is 46.8 Å². The Labute approximate surface area is 144 Å². The van der Waals surface area contributed by atoms with Crippen molar-refractivity contribution >= 4 is 0 Å². The molecule has 2 aromatic rings. The van der Waals surface area contributed by atoms with E-state index in [0.717, 1.165) is 25.1 Å². The minimum atomic E-state index is -0.0960. The van der Waals surface area contributed by atoms with E-state index in [0.29, 0.717) is 6.04 Å². The molecule has 1 atom stereocenters. The zero-order valence-electron chi connectivity index (χ0n) is 15.3. The molecular weight excluding hydrogens is 298 g/mol. The van der Waals surface area contributed by atoms with Crippen molar-refractivity contribution in [3.8, 4) is 5.69 Å². The Bertz CT molecular complexity index is 697. The van der Waals surface area contributed by atoms with Gasteiger partial charge in [-0.15, -0.1) is 0 Å². The normalized spacial score (nSPS) is 17.8. The van der Waals surface area contributed by atoms with Crippen molar-refractivity contribution in [2.75, 3.05) is 13.2 Å². The van der Waals surface area contributed by atoms with E-state index in [4.69, 9.17) is 5.10 Å². The summed E-state index contributed by atoms with van der Waals surface area (Å²) in [6.07, 6.45) is 5.40. The lowest BCUT2D eigenvalue weighted by Gasteiger charge is -2.29.